The van der Waals surface area contributed by atoms with Crippen LogP contribution >= 0.6 is 15.9 Å². The molecule has 3 rings (SSSR count). The smallest absolute Gasteiger partial charge is 0.241 e. The summed E-state index contributed by atoms with van der Waals surface area (Å²) in [5.41, 5.74) is 0.929. The van der Waals surface area contributed by atoms with Crippen molar-refractivity contribution >= 4 is 27.4 Å². The zero-order valence-electron chi connectivity index (χ0n) is 9.67. The van der Waals surface area contributed by atoms with Crippen LogP contribution in [0.2, 0.25) is 0 Å². The average molecular weight is 312 g/mol. The highest BCUT2D eigenvalue weighted by Gasteiger charge is 2.23. The number of nitrogens with zero attached hydrogens (tertiary/aromatic N) is 3. The minimum atomic E-state index is -0.411. The van der Waals surface area contributed by atoms with Gasteiger partial charge in [-0.05, 0) is 41.0 Å². The van der Waals surface area contributed by atoms with E-state index in [9.17, 15) is 5.11 Å². The summed E-state index contributed by atoms with van der Waals surface area (Å²) < 4.78 is 2.65. The first-order valence-corrected chi connectivity index (χ1v) is 6.69. The van der Waals surface area contributed by atoms with Gasteiger partial charge in [0, 0.05) is 6.54 Å². The Morgan fingerprint density at radius 2 is 2.39 bits per heavy atom. The fourth-order valence-electron chi connectivity index (χ4n) is 2.11. The highest BCUT2D eigenvalue weighted by atomic mass is 79.9. The van der Waals surface area contributed by atoms with Crippen LogP contribution in [-0.4, -0.2) is 44.9 Å². The molecule has 2 aromatic heterocycles. The van der Waals surface area contributed by atoms with Crippen LogP contribution < -0.4 is 10.6 Å². The molecule has 6 nitrogen and oxygen atoms in total. The zero-order chi connectivity index (χ0) is 12.5. The van der Waals surface area contributed by atoms with Gasteiger partial charge in [-0.3, -0.25) is 0 Å². The number of anilines is 1. The third-order valence-corrected chi connectivity index (χ3v) is 3.72. The van der Waals surface area contributed by atoms with Gasteiger partial charge < -0.3 is 15.7 Å². The van der Waals surface area contributed by atoms with Crippen molar-refractivity contribution in [1.29, 1.82) is 0 Å². The minimum absolute atomic E-state index is 0.00182. The molecule has 0 bridgehead atoms. The van der Waals surface area contributed by atoms with Gasteiger partial charge in [-0.2, -0.15) is 0 Å². The summed E-state index contributed by atoms with van der Waals surface area (Å²) in [4.78, 5) is 4.25. The Morgan fingerprint density at radius 1 is 1.50 bits per heavy atom. The number of halogens is 1. The first kappa shape index (κ1) is 11.9. The number of nitrogens with one attached hydrogen (secondary N) is 2. The number of hydrogen-bond acceptors (Lipinski definition) is 5. The van der Waals surface area contributed by atoms with E-state index in [0.717, 1.165) is 23.1 Å². The third kappa shape index (κ3) is 2.21. The van der Waals surface area contributed by atoms with Crippen LogP contribution in [0.3, 0.4) is 0 Å². The highest BCUT2D eigenvalue weighted by molar-refractivity contribution is 9.10. The summed E-state index contributed by atoms with van der Waals surface area (Å²) in [5.74, 6) is 0.533. The van der Waals surface area contributed by atoms with Gasteiger partial charge in [0.2, 0.25) is 5.95 Å². The number of piperidine rings is 1. The lowest BCUT2D eigenvalue weighted by Gasteiger charge is -2.28. The van der Waals surface area contributed by atoms with Crippen molar-refractivity contribution in [3.05, 3.63) is 22.9 Å². The maximum atomic E-state index is 9.86. The molecule has 96 valence electrons. The number of β-amino-alcohol motifs (C(OH)–C–C–N with tert-alkyl or cyclic N) is 1. The Hall–Kier alpha value is -1.18. The predicted molar refractivity (Wildman–Crippen MR) is 71.6 cm³/mol. The fraction of sp³-hybridized carbons (Fsp3) is 0.455. The van der Waals surface area contributed by atoms with Gasteiger partial charge in [0.1, 0.15) is 4.60 Å². The van der Waals surface area contributed by atoms with Crippen molar-refractivity contribution < 1.29 is 5.11 Å². The summed E-state index contributed by atoms with van der Waals surface area (Å²) in [7, 11) is 0. The number of hydrogen-bond donors (Lipinski definition) is 3. The number of aliphatic hydroxyl groups is 1. The van der Waals surface area contributed by atoms with E-state index in [1.54, 1.807) is 10.7 Å². The predicted octanol–water partition coefficient (Wildman–Crippen LogP) is 0.626. The maximum absolute atomic E-state index is 9.86. The molecule has 3 heterocycles. The zero-order valence-corrected chi connectivity index (χ0v) is 11.3. The average Bonchev–Trinajstić information content (AvgIpc) is 2.74. The normalized spacial score (nSPS) is 24.3. The van der Waals surface area contributed by atoms with Crippen molar-refractivity contribution in [1.82, 2.24) is 19.9 Å². The molecule has 3 N–H and O–H groups in total. The quantitative estimate of drug-likeness (QED) is 0.758. The van der Waals surface area contributed by atoms with E-state index in [0.29, 0.717) is 12.5 Å². The molecule has 1 aliphatic heterocycles. The monoisotopic (exact) mass is 311 g/mol. The molecule has 2 atom stereocenters. The molecule has 18 heavy (non-hydrogen) atoms. The van der Waals surface area contributed by atoms with Gasteiger partial charge in [0.15, 0.2) is 0 Å². The van der Waals surface area contributed by atoms with Gasteiger partial charge in [-0.15, -0.1) is 5.10 Å². The van der Waals surface area contributed by atoms with E-state index in [4.69, 9.17) is 0 Å². The molecular formula is C11H14BrN5O. The molecule has 1 aliphatic rings. The molecule has 2 aromatic rings. The van der Waals surface area contributed by atoms with Crippen molar-refractivity contribution in [3.8, 4) is 0 Å². The Balaban J connectivity index is 1.83. The molecule has 0 radical (unpaired) electrons. The molecule has 0 aliphatic carbocycles. The van der Waals surface area contributed by atoms with Crippen LogP contribution in [0.25, 0.3) is 5.52 Å². The van der Waals surface area contributed by atoms with Gasteiger partial charge in [-0.25, -0.2) is 9.50 Å². The summed E-state index contributed by atoms with van der Waals surface area (Å²) in [6.45, 7) is 1.50. The van der Waals surface area contributed by atoms with Crippen LogP contribution in [0, 0.1) is 0 Å². The highest BCUT2D eigenvalue weighted by Crippen LogP contribution is 2.16. The molecule has 0 aromatic carbocycles. The molecule has 1 fully saturated rings. The summed E-state index contributed by atoms with van der Waals surface area (Å²) >= 11 is 3.42. The van der Waals surface area contributed by atoms with E-state index in [1.165, 1.54) is 0 Å². The maximum Gasteiger partial charge on any atom is 0.241 e. The van der Waals surface area contributed by atoms with Crippen molar-refractivity contribution in [2.75, 3.05) is 18.4 Å². The lowest BCUT2D eigenvalue weighted by atomic mass is 10.0. The second kappa shape index (κ2) is 4.83. The fourth-order valence-corrected chi connectivity index (χ4v) is 2.53. The van der Waals surface area contributed by atoms with Crippen molar-refractivity contribution in [2.45, 2.75) is 18.6 Å². The van der Waals surface area contributed by atoms with Gasteiger partial charge in [-0.1, -0.05) is 0 Å². The van der Waals surface area contributed by atoms with E-state index in [1.807, 2.05) is 12.1 Å². The minimum Gasteiger partial charge on any atom is -0.390 e. The third-order valence-electron chi connectivity index (χ3n) is 3.12. The Bertz CT molecular complexity index is 557. The number of aromatic nitrogens is 3. The summed E-state index contributed by atoms with van der Waals surface area (Å²) in [6, 6.07) is 3.86. The molecule has 0 spiro atoms. The standard InChI is InChI=1S/C11H14BrN5O/c12-10-2-1-7-5-14-11(16-17(7)10)15-8-3-4-13-6-9(8)18/h1-2,5,8-9,13,18H,3-4,6H2,(H,15,16)/t8-,9-/m1/s1. The van der Waals surface area contributed by atoms with Crippen molar-refractivity contribution in [3.63, 3.8) is 0 Å². The second-order valence-electron chi connectivity index (χ2n) is 4.39. The first-order chi connectivity index (χ1) is 8.74. The van der Waals surface area contributed by atoms with E-state index in [2.05, 4.69) is 36.6 Å². The van der Waals surface area contributed by atoms with Crippen LogP contribution in [0.15, 0.2) is 22.9 Å². The summed E-state index contributed by atoms with van der Waals surface area (Å²) in [6.07, 6.45) is 2.20. The number of fused-ring (bicyclic) bond motifs is 1. The molecule has 0 unspecified atom stereocenters. The Kier molecular flexibility index (Phi) is 3.19. The second-order valence-corrected chi connectivity index (χ2v) is 5.20. The van der Waals surface area contributed by atoms with Crippen LogP contribution in [0.1, 0.15) is 6.42 Å². The van der Waals surface area contributed by atoms with Gasteiger partial charge in [0.25, 0.3) is 0 Å². The van der Waals surface area contributed by atoms with E-state index in [-0.39, 0.29) is 6.04 Å². The Labute approximate surface area is 113 Å². The number of rotatable bonds is 2. The van der Waals surface area contributed by atoms with Crippen LogP contribution in [-0.2, 0) is 0 Å². The molecule has 0 amide bonds. The summed E-state index contributed by atoms with van der Waals surface area (Å²) in [5, 5.41) is 20.6. The van der Waals surface area contributed by atoms with Gasteiger partial charge >= 0.3 is 0 Å². The van der Waals surface area contributed by atoms with Crippen molar-refractivity contribution in [2.24, 2.45) is 0 Å². The number of aliphatic hydroxyl groups excluding tert-OH is 1. The molecule has 7 heteroatoms. The molecule has 1 saturated heterocycles. The lowest BCUT2D eigenvalue weighted by molar-refractivity contribution is 0.128. The van der Waals surface area contributed by atoms with Crippen LogP contribution in [0.5, 0.6) is 0 Å². The van der Waals surface area contributed by atoms with E-state index >= 15 is 0 Å². The lowest BCUT2D eigenvalue weighted by Crippen LogP contribution is -2.47. The van der Waals surface area contributed by atoms with Gasteiger partial charge in [0.05, 0.1) is 23.9 Å². The van der Waals surface area contributed by atoms with E-state index < -0.39 is 6.10 Å². The first-order valence-electron chi connectivity index (χ1n) is 5.89. The molecule has 0 saturated carbocycles. The Morgan fingerprint density at radius 3 is 3.22 bits per heavy atom. The van der Waals surface area contributed by atoms with Crippen LogP contribution in [0.4, 0.5) is 5.95 Å². The topological polar surface area (TPSA) is 74.5 Å². The SMILES string of the molecule is O[C@@H]1CNCC[C@H]1Nc1ncc2ccc(Br)n2n1. The molecular weight excluding hydrogens is 298 g/mol. The largest absolute Gasteiger partial charge is 0.390 e.